The zero-order valence-electron chi connectivity index (χ0n) is 11.7. The SMILES string of the molecule is CC(C)(C)c1sc2nc[nH]c(=O)c2c1-c1ccccc1. The van der Waals surface area contributed by atoms with E-state index < -0.39 is 0 Å². The maximum absolute atomic E-state index is 12.2. The lowest BCUT2D eigenvalue weighted by Crippen LogP contribution is -2.11. The molecule has 0 radical (unpaired) electrons. The second kappa shape index (κ2) is 4.56. The molecular weight excluding hydrogens is 268 g/mol. The van der Waals surface area contributed by atoms with E-state index >= 15 is 0 Å². The standard InChI is InChI=1S/C16H16N2OS/c1-16(2,3)13-11(10-7-5-4-6-8-10)12-14(19)17-9-18-15(12)20-13/h4-9H,1-3H3,(H,17,18,19). The zero-order chi connectivity index (χ0) is 14.3. The third kappa shape index (κ3) is 2.06. The van der Waals surface area contributed by atoms with Crippen molar-refractivity contribution >= 4 is 21.6 Å². The summed E-state index contributed by atoms with van der Waals surface area (Å²) in [5.41, 5.74) is 2.00. The molecule has 2 aromatic heterocycles. The van der Waals surface area contributed by atoms with E-state index in [9.17, 15) is 4.79 Å². The molecule has 3 aromatic rings. The van der Waals surface area contributed by atoms with Crippen LogP contribution >= 0.6 is 11.3 Å². The van der Waals surface area contributed by atoms with Crippen LogP contribution in [0.5, 0.6) is 0 Å². The van der Waals surface area contributed by atoms with Crippen molar-refractivity contribution in [3.8, 4) is 11.1 Å². The second-order valence-electron chi connectivity index (χ2n) is 5.83. The summed E-state index contributed by atoms with van der Waals surface area (Å²) >= 11 is 1.61. The number of fused-ring (bicyclic) bond motifs is 1. The van der Waals surface area contributed by atoms with Crippen molar-refractivity contribution in [2.45, 2.75) is 26.2 Å². The minimum atomic E-state index is -0.0689. The fourth-order valence-corrected chi connectivity index (χ4v) is 3.57. The van der Waals surface area contributed by atoms with E-state index in [1.165, 1.54) is 11.2 Å². The molecule has 0 amide bonds. The number of hydrogen-bond donors (Lipinski definition) is 1. The number of nitrogens with zero attached hydrogens (tertiary/aromatic N) is 1. The number of aromatic amines is 1. The Morgan fingerprint density at radius 2 is 1.85 bits per heavy atom. The van der Waals surface area contributed by atoms with Gasteiger partial charge in [-0.05, 0) is 11.0 Å². The van der Waals surface area contributed by atoms with Crippen LogP contribution in [0.25, 0.3) is 21.3 Å². The van der Waals surface area contributed by atoms with Crippen LogP contribution in [0.3, 0.4) is 0 Å². The number of thiophene rings is 1. The molecule has 0 aliphatic carbocycles. The van der Waals surface area contributed by atoms with E-state index in [2.05, 4.69) is 30.7 Å². The third-order valence-electron chi connectivity index (χ3n) is 3.24. The molecule has 0 saturated heterocycles. The predicted molar refractivity (Wildman–Crippen MR) is 84.4 cm³/mol. The summed E-state index contributed by atoms with van der Waals surface area (Å²) in [6, 6.07) is 10.1. The molecule has 2 heterocycles. The van der Waals surface area contributed by atoms with Crippen molar-refractivity contribution in [1.82, 2.24) is 9.97 Å². The molecule has 1 N–H and O–H groups in total. The van der Waals surface area contributed by atoms with E-state index in [0.717, 1.165) is 16.0 Å². The van der Waals surface area contributed by atoms with Gasteiger partial charge in [0.05, 0.1) is 11.7 Å². The molecular formula is C16H16N2OS. The van der Waals surface area contributed by atoms with Gasteiger partial charge < -0.3 is 4.98 Å². The van der Waals surface area contributed by atoms with Gasteiger partial charge in [-0.2, -0.15) is 0 Å². The van der Waals surface area contributed by atoms with Gasteiger partial charge in [-0.3, -0.25) is 4.79 Å². The lowest BCUT2D eigenvalue weighted by Gasteiger charge is -2.19. The first-order chi connectivity index (χ1) is 9.48. The molecule has 0 unspecified atom stereocenters. The zero-order valence-corrected chi connectivity index (χ0v) is 12.5. The second-order valence-corrected chi connectivity index (χ2v) is 6.83. The highest BCUT2D eigenvalue weighted by Gasteiger charge is 2.25. The molecule has 20 heavy (non-hydrogen) atoms. The molecule has 1 aromatic carbocycles. The average Bonchev–Trinajstić information content (AvgIpc) is 2.80. The maximum Gasteiger partial charge on any atom is 0.260 e. The Kier molecular flexibility index (Phi) is 2.98. The van der Waals surface area contributed by atoms with Gasteiger partial charge in [0.25, 0.3) is 5.56 Å². The van der Waals surface area contributed by atoms with Gasteiger partial charge in [0.15, 0.2) is 0 Å². The van der Waals surface area contributed by atoms with E-state index in [0.29, 0.717) is 5.39 Å². The van der Waals surface area contributed by atoms with Gasteiger partial charge in [0.2, 0.25) is 0 Å². The van der Waals surface area contributed by atoms with Crippen molar-refractivity contribution in [1.29, 1.82) is 0 Å². The molecule has 3 rings (SSSR count). The van der Waals surface area contributed by atoms with Crippen molar-refractivity contribution in [3.63, 3.8) is 0 Å². The molecule has 0 spiro atoms. The number of nitrogens with one attached hydrogen (secondary N) is 1. The van der Waals surface area contributed by atoms with Crippen LogP contribution in [-0.2, 0) is 5.41 Å². The molecule has 4 heteroatoms. The maximum atomic E-state index is 12.2. The highest BCUT2D eigenvalue weighted by atomic mass is 32.1. The summed E-state index contributed by atoms with van der Waals surface area (Å²) in [6.45, 7) is 6.50. The van der Waals surface area contributed by atoms with E-state index in [1.807, 2.05) is 30.3 Å². The van der Waals surface area contributed by atoms with Gasteiger partial charge in [0.1, 0.15) is 4.83 Å². The number of benzene rings is 1. The molecule has 0 fully saturated rings. The van der Waals surface area contributed by atoms with Crippen LogP contribution in [-0.4, -0.2) is 9.97 Å². The first-order valence-electron chi connectivity index (χ1n) is 6.54. The monoisotopic (exact) mass is 284 g/mol. The normalized spacial score (nSPS) is 11.9. The number of rotatable bonds is 1. The lowest BCUT2D eigenvalue weighted by atomic mass is 9.88. The van der Waals surface area contributed by atoms with Gasteiger partial charge in [0, 0.05) is 10.4 Å². The largest absolute Gasteiger partial charge is 0.313 e. The fraction of sp³-hybridized carbons (Fsp3) is 0.250. The molecule has 0 aliphatic rings. The summed E-state index contributed by atoms with van der Waals surface area (Å²) in [6.07, 6.45) is 1.47. The van der Waals surface area contributed by atoms with Crippen LogP contribution in [0.15, 0.2) is 41.5 Å². The van der Waals surface area contributed by atoms with Gasteiger partial charge in [-0.25, -0.2) is 4.98 Å². The summed E-state index contributed by atoms with van der Waals surface area (Å²) in [4.78, 5) is 21.2. The topological polar surface area (TPSA) is 45.8 Å². The Hall–Kier alpha value is -1.94. The Labute approximate surface area is 121 Å². The molecule has 0 atom stereocenters. The summed E-state index contributed by atoms with van der Waals surface area (Å²) < 4.78 is 0. The summed E-state index contributed by atoms with van der Waals surface area (Å²) in [5.74, 6) is 0. The van der Waals surface area contributed by atoms with Crippen LogP contribution < -0.4 is 5.56 Å². The Morgan fingerprint density at radius 1 is 1.15 bits per heavy atom. The molecule has 0 saturated carbocycles. The van der Waals surface area contributed by atoms with Crippen molar-refractivity contribution < 1.29 is 0 Å². The third-order valence-corrected chi connectivity index (χ3v) is 4.76. The van der Waals surface area contributed by atoms with Gasteiger partial charge in [-0.15, -0.1) is 11.3 Å². The molecule has 102 valence electrons. The van der Waals surface area contributed by atoms with E-state index in [-0.39, 0.29) is 11.0 Å². The smallest absolute Gasteiger partial charge is 0.260 e. The number of H-pyrrole nitrogens is 1. The molecule has 3 nitrogen and oxygen atoms in total. The highest BCUT2D eigenvalue weighted by Crippen LogP contribution is 2.42. The van der Waals surface area contributed by atoms with E-state index in [1.54, 1.807) is 11.3 Å². The summed E-state index contributed by atoms with van der Waals surface area (Å²) in [5, 5.41) is 0.702. The van der Waals surface area contributed by atoms with Gasteiger partial charge >= 0.3 is 0 Å². The van der Waals surface area contributed by atoms with Crippen LogP contribution in [0.1, 0.15) is 25.6 Å². The first-order valence-corrected chi connectivity index (χ1v) is 7.36. The van der Waals surface area contributed by atoms with Crippen LogP contribution in [0.4, 0.5) is 0 Å². The Morgan fingerprint density at radius 3 is 2.50 bits per heavy atom. The van der Waals surface area contributed by atoms with Crippen LogP contribution in [0.2, 0.25) is 0 Å². The average molecular weight is 284 g/mol. The quantitative estimate of drug-likeness (QED) is 0.735. The van der Waals surface area contributed by atoms with Crippen molar-refractivity contribution in [2.24, 2.45) is 0 Å². The molecule has 0 bridgehead atoms. The van der Waals surface area contributed by atoms with Gasteiger partial charge in [-0.1, -0.05) is 51.1 Å². The minimum absolute atomic E-state index is 0.0248. The summed E-state index contributed by atoms with van der Waals surface area (Å²) in [7, 11) is 0. The first kappa shape index (κ1) is 13.1. The predicted octanol–water partition coefficient (Wildman–Crippen LogP) is 3.95. The van der Waals surface area contributed by atoms with Crippen LogP contribution in [0, 0.1) is 0 Å². The number of hydrogen-bond acceptors (Lipinski definition) is 3. The lowest BCUT2D eigenvalue weighted by molar-refractivity contribution is 0.606. The van der Waals surface area contributed by atoms with Crippen molar-refractivity contribution in [2.75, 3.05) is 0 Å². The number of aromatic nitrogens is 2. The molecule has 0 aliphatic heterocycles. The van der Waals surface area contributed by atoms with E-state index in [4.69, 9.17) is 0 Å². The fourth-order valence-electron chi connectivity index (χ4n) is 2.35. The van der Waals surface area contributed by atoms with Crippen molar-refractivity contribution in [3.05, 3.63) is 51.9 Å². The highest BCUT2D eigenvalue weighted by molar-refractivity contribution is 7.19. The Bertz CT molecular complexity index is 810. The Balaban J connectivity index is 2.47. The minimum Gasteiger partial charge on any atom is -0.313 e.